The lowest BCUT2D eigenvalue weighted by molar-refractivity contribution is 0.0525. The molecule has 4 aromatic carbocycles. The van der Waals surface area contributed by atoms with Crippen molar-refractivity contribution in [1.29, 1.82) is 0 Å². The van der Waals surface area contributed by atoms with Crippen LogP contribution in [0.5, 0.6) is 5.75 Å². The van der Waals surface area contributed by atoms with Crippen molar-refractivity contribution in [2.75, 3.05) is 13.2 Å². The van der Waals surface area contributed by atoms with Gasteiger partial charge in [-0.15, -0.1) is 0 Å². The molecule has 0 radical (unpaired) electrons. The zero-order chi connectivity index (χ0) is 32.2. The maximum absolute atomic E-state index is 13.6. The summed E-state index contributed by atoms with van der Waals surface area (Å²) in [5.41, 5.74) is 3.35. The van der Waals surface area contributed by atoms with E-state index in [0.717, 1.165) is 27.8 Å². The summed E-state index contributed by atoms with van der Waals surface area (Å²) in [6.07, 6.45) is -0.113. The van der Waals surface area contributed by atoms with Crippen LogP contribution in [0.4, 0.5) is 18.4 Å². The number of rotatable bonds is 12. The summed E-state index contributed by atoms with van der Waals surface area (Å²) in [4.78, 5) is 24.8. The van der Waals surface area contributed by atoms with E-state index in [0.29, 0.717) is 25.1 Å². The molecule has 2 N–H and O–H groups in total. The van der Waals surface area contributed by atoms with Gasteiger partial charge in [0, 0.05) is 6.54 Å². The molecule has 0 aliphatic rings. The molecule has 236 valence electrons. The predicted molar refractivity (Wildman–Crippen MR) is 170 cm³/mol. The van der Waals surface area contributed by atoms with Crippen LogP contribution in [0, 0.1) is 11.6 Å². The zero-order valence-electron chi connectivity index (χ0n) is 25.6. The molecule has 0 saturated heterocycles. The van der Waals surface area contributed by atoms with Crippen LogP contribution in [-0.2, 0) is 16.1 Å². The van der Waals surface area contributed by atoms with Gasteiger partial charge in [0.2, 0.25) is 0 Å². The Hall–Kier alpha value is -4.92. The van der Waals surface area contributed by atoms with Crippen LogP contribution in [-0.4, -0.2) is 37.0 Å². The number of ether oxygens (including phenoxy) is 3. The molecular weight excluding hydrogens is 578 g/mol. The van der Waals surface area contributed by atoms with Crippen molar-refractivity contribution in [1.82, 2.24) is 10.6 Å². The fraction of sp³-hybridized carbons (Fsp3) is 0.278. The molecule has 0 aliphatic carbocycles. The topological polar surface area (TPSA) is 85.9 Å². The van der Waals surface area contributed by atoms with Gasteiger partial charge in [0.05, 0.1) is 6.04 Å². The van der Waals surface area contributed by atoms with Crippen molar-refractivity contribution in [2.24, 2.45) is 0 Å². The summed E-state index contributed by atoms with van der Waals surface area (Å²) in [6, 6.07) is 26.7. The second kappa shape index (κ2) is 15.7. The van der Waals surface area contributed by atoms with Gasteiger partial charge in [-0.3, -0.25) is 0 Å². The van der Waals surface area contributed by atoms with Crippen molar-refractivity contribution in [3.63, 3.8) is 0 Å². The highest BCUT2D eigenvalue weighted by Crippen LogP contribution is 2.32. The lowest BCUT2D eigenvalue weighted by Crippen LogP contribution is -2.40. The fourth-order valence-corrected chi connectivity index (χ4v) is 4.48. The van der Waals surface area contributed by atoms with Crippen LogP contribution in [0.3, 0.4) is 0 Å². The number of hydrogen-bond acceptors (Lipinski definition) is 5. The molecule has 1 atom stereocenters. The summed E-state index contributed by atoms with van der Waals surface area (Å²) in [6.45, 7) is 5.91. The first-order valence-corrected chi connectivity index (χ1v) is 14.8. The second-order valence-corrected chi connectivity index (χ2v) is 11.5. The monoisotopic (exact) mass is 616 g/mol. The lowest BCUT2D eigenvalue weighted by Gasteiger charge is -2.21. The highest BCUT2D eigenvalue weighted by Gasteiger charge is 2.18. The molecule has 4 aromatic rings. The van der Waals surface area contributed by atoms with E-state index in [2.05, 4.69) is 10.6 Å². The Morgan fingerprint density at radius 3 is 1.89 bits per heavy atom. The number of amides is 2. The molecule has 45 heavy (non-hydrogen) atoms. The number of hydrogen-bond donors (Lipinski definition) is 2. The standard InChI is InChI=1S/C36H38F2N2O5/c1-36(2,3)45-34(41)39-19-7-10-32(40-35(42)44-23-25-8-5-4-6-9-25)24-43-33-21-28(26-11-15-30(37)16-12-26)20-29(22-33)27-13-17-31(38)18-14-27/h4-6,8-9,11-18,20-22,32H,7,10,19,23-24H2,1-3H3,(H,39,41)(H,40,42)/t32-/m1/s1. The number of nitrogens with one attached hydrogen (secondary N) is 2. The van der Waals surface area contributed by atoms with Gasteiger partial charge in [-0.05, 0) is 104 Å². The molecule has 0 saturated carbocycles. The van der Waals surface area contributed by atoms with Crippen LogP contribution < -0.4 is 15.4 Å². The van der Waals surface area contributed by atoms with Gasteiger partial charge in [0.25, 0.3) is 0 Å². The van der Waals surface area contributed by atoms with Crippen LogP contribution in [0.1, 0.15) is 39.2 Å². The molecular formula is C36H38F2N2O5. The smallest absolute Gasteiger partial charge is 0.407 e. The normalized spacial score (nSPS) is 11.8. The minimum atomic E-state index is -0.611. The number of carbonyl (C=O) groups excluding carboxylic acids is 2. The average Bonchev–Trinajstić information content (AvgIpc) is 3.01. The largest absolute Gasteiger partial charge is 0.491 e. The van der Waals surface area contributed by atoms with E-state index in [1.807, 2.05) is 48.5 Å². The Balaban J connectivity index is 1.48. The summed E-state index contributed by atoms with van der Waals surface area (Å²) in [5.74, 6) is -0.189. The van der Waals surface area contributed by atoms with Crippen molar-refractivity contribution in [3.8, 4) is 28.0 Å². The van der Waals surface area contributed by atoms with Crippen molar-refractivity contribution >= 4 is 12.2 Å². The quantitative estimate of drug-likeness (QED) is 0.157. The molecule has 7 nitrogen and oxygen atoms in total. The maximum Gasteiger partial charge on any atom is 0.407 e. The van der Waals surface area contributed by atoms with Crippen LogP contribution >= 0.6 is 0 Å². The first-order valence-electron chi connectivity index (χ1n) is 14.8. The first kappa shape index (κ1) is 33.0. The van der Waals surface area contributed by atoms with E-state index in [4.69, 9.17) is 14.2 Å². The van der Waals surface area contributed by atoms with Gasteiger partial charge in [0.15, 0.2) is 0 Å². The SMILES string of the molecule is CC(C)(C)OC(=O)NCCC[C@H](COc1cc(-c2ccc(F)cc2)cc(-c2ccc(F)cc2)c1)NC(=O)OCc1ccccc1. The van der Waals surface area contributed by atoms with Crippen molar-refractivity contribution in [3.05, 3.63) is 114 Å². The van der Waals surface area contributed by atoms with E-state index in [-0.39, 0.29) is 24.8 Å². The van der Waals surface area contributed by atoms with Crippen molar-refractivity contribution in [2.45, 2.75) is 51.9 Å². The molecule has 0 unspecified atom stereocenters. The molecule has 0 spiro atoms. The van der Waals surface area contributed by atoms with Gasteiger partial charge < -0.3 is 24.8 Å². The van der Waals surface area contributed by atoms with E-state index < -0.39 is 23.8 Å². The van der Waals surface area contributed by atoms with Gasteiger partial charge >= 0.3 is 12.2 Å². The number of halogens is 2. The Bertz CT molecular complexity index is 1480. The maximum atomic E-state index is 13.6. The minimum absolute atomic E-state index is 0.0998. The summed E-state index contributed by atoms with van der Waals surface area (Å²) < 4.78 is 44.2. The fourth-order valence-electron chi connectivity index (χ4n) is 4.48. The van der Waals surface area contributed by atoms with Gasteiger partial charge in [-0.1, -0.05) is 54.6 Å². The number of carbonyl (C=O) groups is 2. The second-order valence-electron chi connectivity index (χ2n) is 11.5. The van der Waals surface area contributed by atoms with Gasteiger partial charge in [0.1, 0.15) is 36.2 Å². The van der Waals surface area contributed by atoms with E-state index in [1.165, 1.54) is 24.3 Å². The molecule has 4 rings (SSSR count). The number of alkyl carbamates (subject to hydrolysis) is 2. The lowest BCUT2D eigenvalue weighted by atomic mass is 9.98. The highest BCUT2D eigenvalue weighted by molar-refractivity contribution is 5.75. The Labute approximate surface area is 262 Å². The van der Waals surface area contributed by atoms with E-state index in [1.54, 1.807) is 45.0 Å². The average molecular weight is 617 g/mol. The molecule has 9 heteroatoms. The third kappa shape index (κ3) is 11.3. The molecule has 0 aliphatic heterocycles. The van der Waals surface area contributed by atoms with Crippen LogP contribution in [0.15, 0.2) is 97.1 Å². The van der Waals surface area contributed by atoms with Gasteiger partial charge in [-0.2, -0.15) is 0 Å². The molecule has 2 amide bonds. The van der Waals surface area contributed by atoms with Crippen LogP contribution in [0.25, 0.3) is 22.3 Å². The van der Waals surface area contributed by atoms with Gasteiger partial charge in [-0.25, -0.2) is 18.4 Å². The predicted octanol–water partition coefficient (Wildman–Crippen LogP) is 8.28. The summed E-state index contributed by atoms with van der Waals surface area (Å²) in [5, 5.41) is 5.60. The first-order chi connectivity index (χ1) is 21.5. The van der Waals surface area contributed by atoms with Crippen molar-refractivity contribution < 1.29 is 32.6 Å². The molecule has 0 fully saturated rings. The van der Waals surface area contributed by atoms with E-state index >= 15 is 0 Å². The highest BCUT2D eigenvalue weighted by atomic mass is 19.1. The Kier molecular flexibility index (Phi) is 11.5. The Morgan fingerprint density at radius 1 is 0.756 bits per heavy atom. The summed E-state index contributed by atoms with van der Waals surface area (Å²) in [7, 11) is 0. The number of benzene rings is 4. The zero-order valence-corrected chi connectivity index (χ0v) is 25.6. The van der Waals surface area contributed by atoms with Crippen LogP contribution in [0.2, 0.25) is 0 Å². The third-order valence-electron chi connectivity index (χ3n) is 6.65. The molecule has 0 heterocycles. The molecule has 0 aromatic heterocycles. The third-order valence-corrected chi connectivity index (χ3v) is 6.65. The Morgan fingerprint density at radius 2 is 1.33 bits per heavy atom. The molecule has 0 bridgehead atoms. The minimum Gasteiger partial charge on any atom is -0.491 e. The summed E-state index contributed by atoms with van der Waals surface area (Å²) >= 11 is 0. The van der Waals surface area contributed by atoms with E-state index in [9.17, 15) is 18.4 Å².